The van der Waals surface area contributed by atoms with E-state index in [-0.39, 0.29) is 5.75 Å². The topological polar surface area (TPSA) is 76.0 Å². The number of hydrogen-bond donors (Lipinski definition) is 1. The number of nitrogens with zero attached hydrogens (tertiary/aromatic N) is 3. The van der Waals surface area contributed by atoms with Crippen LogP contribution >= 0.6 is 23.1 Å². The number of thioether (sulfide) groups is 1. The van der Waals surface area contributed by atoms with E-state index in [0.29, 0.717) is 11.4 Å². The molecule has 0 aliphatic carbocycles. The molecular formula is C8H7N3O2S2. The van der Waals surface area contributed by atoms with Gasteiger partial charge in [-0.1, -0.05) is 11.3 Å². The number of carboxylic acids is 1. The predicted molar refractivity (Wildman–Crippen MR) is 59.0 cm³/mol. The molecule has 0 bridgehead atoms. The number of carboxylic acid groups (broad SMARTS) is 1. The maximum absolute atomic E-state index is 10.3. The zero-order chi connectivity index (χ0) is 10.7. The second-order valence-corrected chi connectivity index (χ2v) is 4.73. The third kappa shape index (κ3) is 2.63. The lowest BCUT2D eigenvalue weighted by atomic mass is 10.7. The Hall–Kier alpha value is -1.21. The first kappa shape index (κ1) is 10.3. The lowest BCUT2D eigenvalue weighted by Crippen LogP contribution is -1.97. The van der Waals surface area contributed by atoms with Crippen molar-refractivity contribution in [1.82, 2.24) is 15.0 Å². The minimum Gasteiger partial charge on any atom is -0.481 e. The van der Waals surface area contributed by atoms with Crippen LogP contribution in [0.5, 0.6) is 0 Å². The van der Waals surface area contributed by atoms with Crippen LogP contribution < -0.4 is 0 Å². The number of fused-ring (bicyclic) bond motifs is 1. The summed E-state index contributed by atoms with van der Waals surface area (Å²) in [6.45, 7) is 0. The molecule has 2 rings (SSSR count). The molecular weight excluding hydrogens is 234 g/mol. The van der Waals surface area contributed by atoms with Crippen LogP contribution in [0.1, 0.15) is 5.01 Å². The van der Waals surface area contributed by atoms with Crippen LogP contribution in [0.2, 0.25) is 0 Å². The summed E-state index contributed by atoms with van der Waals surface area (Å²) >= 11 is 2.77. The average Bonchev–Trinajstić information content (AvgIpc) is 2.59. The van der Waals surface area contributed by atoms with Gasteiger partial charge in [0.2, 0.25) is 0 Å². The molecule has 0 atom stereocenters. The van der Waals surface area contributed by atoms with Gasteiger partial charge in [-0.2, -0.15) is 0 Å². The zero-order valence-electron chi connectivity index (χ0n) is 7.58. The molecule has 0 aliphatic rings. The largest absolute Gasteiger partial charge is 0.481 e. The van der Waals surface area contributed by atoms with Crippen molar-refractivity contribution in [3.05, 3.63) is 17.4 Å². The van der Waals surface area contributed by atoms with Crippen LogP contribution in [0, 0.1) is 0 Å². The van der Waals surface area contributed by atoms with Crippen LogP contribution in [-0.4, -0.2) is 31.8 Å². The summed E-state index contributed by atoms with van der Waals surface area (Å²) in [5.41, 5.74) is 0.633. The molecule has 0 amide bonds. The maximum Gasteiger partial charge on any atom is 0.313 e. The molecule has 0 unspecified atom stereocenters. The van der Waals surface area contributed by atoms with E-state index in [1.807, 2.05) is 0 Å². The molecule has 0 aromatic carbocycles. The Morgan fingerprint density at radius 2 is 2.27 bits per heavy atom. The number of aromatic nitrogens is 3. The molecule has 2 aromatic heterocycles. The normalized spacial score (nSPS) is 10.7. The maximum atomic E-state index is 10.3. The predicted octanol–water partition coefficient (Wildman–Crippen LogP) is 1.40. The smallest absolute Gasteiger partial charge is 0.313 e. The van der Waals surface area contributed by atoms with Crippen molar-refractivity contribution in [1.29, 1.82) is 0 Å². The fourth-order valence-corrected chi connectivity index (χ4v) is 2.67. The van der Waals surface area contributed by atoms with Crippen molar-refractivity contribution in [2.24, 2.45) is 0 Å². The second-order valence-electron chi connectivity index (χ2n) is 2.68. The van der Waals surface area contributed by atoms with Gasteiger partial charge in [0, 0.05) is 18.1 Å². The van der Waals surface area contributed by atoms with Gasteiger partial charge in [0.05, 0.1) is 5.75 Å². The minimum atomic E-state index is -0.808. The summed E-state index contributed by atoms with van der Waals surface area (Å²) in [7, 11) is 0. The third-order valence-electron chi connectivity index (χ3n) is 1.54. The fraction of sp³-hybridized carbons (Fsp3) is 0.250. The standard InChI is InChI=1S/C8H7N3O2S2/c12-6(13)4-14-3-5-11-7-8(15-5)10-2-1-9-7/h1-2H,3-4H2,(H,12,13). The highest BCUT2D eigenvalue weighted by molar-refractivity contribution is 7.99. The van der Waals surface area contributed by atoms with E-state index in [1.54, 1.807) is 12.4 Å². The highest BCUT2D eigenvalue weighted by atomic mass is 32.2. The molecule has 2 aromatic rings. The van der Waals surface area contributed by atoms with Crippen molar-refractivity contribution in [2.45, 2.75) is 5.75 Å². The summed E-state index contributed by atoms with van der Waals surface area (Å²) in [5, 5.41) is 9.33. The van der Waals surface area contributed by atoms with Crippen molar-refractivity contribution >= 4 is 39.5 Å². The summed E-state index contributed by atoms with van der Waals surface area (Å²) in [6.07, 6.45) is 3.21. The Kier molecular flexibility index (Phi) is 3.12. The van der Waals surface area contributed by atoms with Gasteiger partial charge < -0.3 is 5.11 Å². The van der Waals surface area contributed by atoms with E-state index in [4.69, 9.17) is 5.11 Å². The molecule has 7 heteroatoms. The number of hydrogen-bond acceptors (Lipinski definition) is 6. The first-order valence-electron chi connectivity index (χ1n) is 4.11. The van der Waals surface area contributed by atoms with Crippen LogP contribution in [-0.2, 0) is 10.5 Å². The van der Waals surface area contributed by atoms with Crippen LogP contribution in [0.4, 0.5) is 0 Å². The molecule has 0 saturated heterocycles. The van der Waals surface area contributed by atoms with Crippen molar-refractivity contribution < 1.29 is 9.90 Å². The quantitative estimate of drug-likeness (QED) is 0.872. The molecule has 2 heterocycles. The molecule has 0 aliphatic heterocycles. The van der Waals surface area contributed by atoms with E-state index in [2.05, 4.69) is 15.0 Å². The number of rotatable bonds is 4. The monoisotopic (exact) mass is 241 g/mol. The first-order valence-corrected chi connectivity index (χ1v) is 6.09. The van der Waals surface area contributed by atoms with Gasteiger partial charge in [-0.25, -0.2) is 15.0 Å². The van der Waals surface area contributed by atoms with Crippen molar-refractivity contribution in [3.8, 4) is 0 Å². The molecule has 0 fully saturated rings. The third-order valence-corrected chi connectivity index (χ3v) is 3.61. The zero-order valence-corrected chi connectivity index (χ0v) is 9.22. The van der Waals surface area contributed by atoms with Gasteiger partial charge in [0.25, 0.3) is 0 Å². The summed E-state index contributed by atoms with van der Waals surface area (Å²) < 4.78 is 0. The summed E-state index contributed by atoms with van der Waals surface area (Å²) in [5.74, 6) is -0.122. The molecule has 1 N–H and O–H groups in total. The highest BCUT2D eigenvalue weighted by Gasteiger charge is 2.06. The van der Waals surface area contributed by atoms with Gasteiger partial charge in [-0.3, -0.25) is 4.79 Å². The van der Waals surface area contributed by atoms with Gasteiger partial charge >= 0.3 is 5.97 Å². The number of aliphatic carboxylic acids is 1. The molecule has 15 heavy (non-hydrogen) atoms. The van der Waals surface area contributed by atoms with Crippen molar-refractivity contribution in [2.75, 3.05) is 5.75 Å². The van der Waals surface area contributed by atoms with Gasteiger partial charge in [-0.15, -0.1) is 11.8 Å². The van der Waals surface area contributed by atoms with Gasteiger partial charge in [0.1, 0.15) is 5.01 Å². The van der Waals surface area contributed by atoms with E-state index >= 15 is 0 Å². The summed E-state index contributed by atoms with van der Waals surface area (Å²) in [4.78, 5) is 23.5. The van der Waals surface area contributed by atoms with E-state index in [9.17, 15) is 4.79 Å². The molecule has 0 spiro atoms. The van der Waals surface area contributed by atoms with Gasteiger partial charge in [0.15, 0.2) is 10.5 Å². The molecule has 0 radical (unpaired) electrons. The van der Waals surface area contributed by atoms with E-state index in [0.717, 1.165) is 9.84 Å². The molecule has 5 nitrogen and oxygen atoms in total. The Bertz CT molecular complexity index is 452. The average molecular weight is 241 g/mol. The first-order chi connectivity index (χ1) is 7.25. The van der Waals surface area contributed by atoms with Crippen molar-refractivity contribution in [3.63, 3.8) is 0 Å². The Labute approximate surface area is 93.6 Å². The van der Waals surface area contributed by atoms with E-state index in [1.165, 1.54) is 23.1 Å². The van der Waals surface area contributed by atoms with Crippen LogP contribution in [0.3, 0.4) is 0 Å². The Morgan fingerprint density at radius 1 is 1.47 bits per heavy atom. The lowest BCUT2D eigenvalue weighted by molar-refractivity contribution is -0.133. The van der Waals surface area contributed by atoms with E-state index < -0.39 is 5.97 Å². The highest BCUT2D eigenvalue weighted by Crippen LogP contribution is 2.21. The molecule has 0 saturated carbocycles. The van der Waals surface area contributed by atoms with Crippen LogP contribution in [0.15, 0.2) is 12.4 Å². The lowest BCUT2D eigenvalue weighted by Gasteiger charge is -1.91. The fourth-order valence-electron chi connectivity index (χ4n) is 1.01. The number of carbonyl (C=O) groups is 1. The SMILES string of the molecule is O=C(O)CSCc1nc2nccnc2s1. The Morgan fingerprint density at radius 3 is 3.00 bits per heavy atom. The Balaban J connectivity index is 2.05. The van der Waals surface area contributed by atoms with Gasteiger partial charge in [-0.05, 0) is 0 Å². The number of thiazole rings is 1. The second kappa shape index (κ2) is 4.54. The molecule has 78 valence electrons. The summed E-state index contributed by atoms with van der Waals surface area (Å²) in [6, 6.07) is 0. The minimum absolute atomic E-state index is 0.0940. The van der Waals surface area contributed by atoms with Crippen LogP contribution in [0.25, 0.3) is 10.5 Å².